The van der Waals surface area contributed by atoms with Crippen LogP contribution in [0.15, 0.2) is 72.8 Å². The Bertz CT molecular complexity index is 1330. The number of hydrogen-bond donors (Lipinski definition) is 1. The molecular weight excluding hydrogens is 502 g/mol. The van der Waals surface area contributed by atoms with Crippen molar-refractivity contribution in [1.82, 2.24) is 0 Å². The zero-order valence-corrected chi connectivity index (χ0v) is 21.9. The van der Waals surface area contributed by atoms with Crippen molar-refractivity contribution >= 4 is 35.1 Å². The fourth-order valence-corrected chi connectivity index (χ4v) is 3.47. The van der Waals surface area contributed by atoms with Gasteiger partial charge in [-0.2, -0.15) is 0 Å². The molecule has 9 nitrogen and oxygen atoms in total. The Kier molecular flexibility index (Phi) is 10.1. The van der Waals surface area contributed by atoms with Gasteiger partial charge in [-0.3, -0.25) is 19.2 Å². The Balaban J connectivity index is 1.41. The van der Waals surface area contributed by atoms with Crippen LogP contribution in [0.3, 0.4) is 0 Å². The molecule has 0 fully saturated rings. The van der Waals surface area contributed by atoms with Crippen LogP contribution in [-0.4, -0.2) is 49.2 Å². The van der Waals surface area contributed by atoms with Crippen molar-refractivity contribution in [2.45, 2.75) is 32.8 Å². The van der Waals surface area contributed by atoms with Crippen molar-refractivity contribution in [2.75, 3.05) is 19.0 Å². The Morgan fingerprint density at radius 1 is 0.769 bits per heavy atom. The molecule has 0 aliphatic carbocycles. The number of methoxy groups -OCH3 is 1. The van der Waals surface area contributed by atoms with Crippen molar-refractivity contribution in [1.29, 1.82) is 0 Å². The van der Waals surface area contributed by atoms with Crippen LogP contribution in [0.5, 0.6) is 5.75 Å². The fraction of sp³-hybridized carbons (Fsp3) is 0.233. The monoisotopic (exact) mass is 531 g/mol. The summed E-state index contributed by atoms with van der Waals surface area (Å²) in [5.74, 6) is -1.87. The van der Waals surface area contributed by atoms with E-state index in [0.29, 0.717) is 22.6 Å². The van der Waals surface area contributed by atoms with E-state index < -0.39 is 30.6 Å². The number of Topliss-reactive ketones (excluding diaryl/α,β-unsaturated/α-hetero) is 2. The minimum absolute atomic E-state index is 0.151. The summed E-state index contributed by atoms with van der Waals surface area (Å²) < 4.78 is 15.3. The molecule has 1 unspecified atom stereocenters. The normalized spacial score (nSPS) is 11.2. The maximum atomic E-state index is 12.4. The van der Waals surface area contributed by atoms with Gasteiger partial charge in [0.2, 0.25) is 11.7 Å². The Morgan fingerprint density at radius 2 is 1.36 bits per heavy atom. The van der Waals surface area contributed by atoms with Gasteiger partial charge in [0, 0.05) is 23.2 Å². The van der Waals surface area contributed by atoms with E-state index in [2.05, 4.69) is 5.32 Å². The zero-order valence-electron chi connectivity index (χ0n) is 21.9. The van der Waals surface area contributed by atoms with E-state index in [1.165, 1.54) is 38.3 Å². The molecule has 3 aromatic carbocycles. The number of hydrogen-bond acceptors (Lipinski definition) is 8. The third kappa shape index (κ3) is 8.63. The number of rotatable bonds is 12. The lowest BCUT2D eigenvalue weighted by molar-refractivity contribution is -0.147. The van der Waals surface area contributed by atoms with Crippen LogP contribution in [0.25, 0.3) is 0 Å². The largest absolute Gasteiger partial charge is 0.497 e. The first-order valence-corrected chi connectivity index (χ1v) is 12.2. The zero-order chi connectivity index (χ0) is 28.4. The molecule has 0 heterocycles. The first-order chi connectivity index (χ1) is 18.7. The number of nitrogens with one attached hydrogen (secondary N) is 1. The second-order valence-electron chi connectivity index (χ2n) is 8.72. The Labute approximate surface area is 226 Å². The summed E-state index contributed by atoms with van der Waals surface area (Å²) in [6.07, 6.45) is -1.33. The van der Waals surface area contributed by atoms with Gasteiger partial charge in [0.25, 0.3) is 0 Å². The number of carbonyl (C=O) groups is 5. The summed E-state index contributed by atoms with van der Waals surface area (Å²) in [6, 6.07) is 19.3. The molecule has 39 heavy (non-hydrogen) atoms. The van der Waals surface area contributed by atoms with Gasteiger partial charge < -0.3 is 19.5 Å². The van der Waals surface area contributed by atoms with Gasteiger partial charge in [-0.25, -0.2) is 4.79 Å². The molecule has 202 valence electrons. The van der Waals surface area contributed by atoms with Crippen molar-refractivity contribution < 1.29 is 38.2 Å². The average molecular weight is 532 g/mol. The highest BCUT2D eigenvalue weighted by molar-refractivity contribution is 6.01. The minimum Gasteiger partial charge on any atom is -0.497 e. The van der Waals surface area contributed by atoms with Crippen molar-refractivity contribution in [3.05, 3.63) is 95.1 Å². The first-order valence-electron chi connectivity index (χ1n) is 12.2. The quantitative estimate of drug-likeness (QED) is 0.266. The number of ether oxygens (including phenoxy) is 3. The number of aryl methyl sites for hydroxylation is 1. The van der Waals surface area contributed by atoms with Crippen LogP contribution in [0.2, 0.25) is 0 Å². The SMILES string of the molecule is COc1ccc(C(=O)COC(=O)c2ccc(NC(=O)CCC(=O)OC(C)C(=O)c3ccc(C)cc3)cc2)cc1. The molecule has 0 aliphatic heterocycles. The van der Waals surface area contributed by atoms with E-state index in [4.69, 9.17) is 14.2 Å². The van der Waals surface area contributed by atoms with Crippen LogP contribution >= 0.6 is 0 Å². The predicted octanol–water partition coefficient (Wildman–Crippen LogP) is 4.58. The highest BCUT2D eigenvalue weighted by Crippen LogP contribution is 2.14. The number of anilines is 1. The molecule has 1 atom stereocenters. The third-order valence-corrected chi connectivity index (χ3v) is 5.72. The van der Waals surface area contributed by atoms with E-state index in [1.807, 2.05) is 6.92 Å². The summed E-state index contributed by atoms with van der Waals surface area (Å²) in [6.45, 7) is 2.97. The van der Waals surface area contributed by atoms with Gasteiger partial charge in [-0.1, -0.05) is 29.8 Å². The van der Waals surface area contributed by atoms with E-state index in [0.717, 1.165) is 5.56 Å². The second kappa shape index (κ2) is 13.7. The van der Waals surface area contributed by atoms with Gasteiger partial charge in [0.1, 0.15) is 5.75 Å². The van der Waals surface area contributed by atoms with Gasteiger partial charge in [0.15, 0.2) is 18.5 Å². The molecule has 0 saturated carbocycles. The molecule has 3 aromatic rings. The Morgan fingerprint density at radius 3 is 1.97 bits per heavy atom. The van der Waals surface area contributed by atoms with Crippen LogP contribution in [0.4, 0.5) is 5.69 Å². The summed E-state index contributed by atoms with van der Waals surface area (Å²) in [7, 11) is 1.52. The van der Waals surface area contributed by atoms with Crippen molar-refractivity contribution in [3.8, 4) is 5.75 Å². The maximum Gasteiger partial charge on any atom is 0.338 e. The molecule has 1 N–H and O–H groups in total. The van der Waals surface area contributed by atoms with E-state index >= 15 is 0 Å². The van der Waals surface area contributed by atoms with Gasteiger partial charge in [-0.05, 0) is 62.4 Å². The maximum absolute atomic E-state index is 12.4. The third-order valence-electron chi connectivity index (χ3n) is 5.72. The lowest BCUT2D eigenvalue weighted by Crippen LogP contribution is -2.25. The number of benzene rings is 3. The van der Waals surface area contributed by atoms with Crippen LogP contribution in [-0.2, 0) is 19.1 Å². The molecule has 0 radical (unpaired) electrons. The predicted molar refractivity (Wildman–Crippen MR) is 143 cm³/mol. The molecule has 0 aromatic heterocycles. The molecule has 1 amide bonds. The summed E-state index contributed by atoms with van der Waals surface area (Å²) in [5.41, 5.74) is 2.44. The highest BCUT2D eigenvalue weighted by atomic mass is 16.5. The highest BCUT2D eigenvalue weighted by Gasteiger charge is 2.20. The van der Waals surface area contributed by atoms with Gasteiger partial charge >= 0.3 is 11.9 Å². The van der Waals surface area contributed by atoms with Gasteiger partial charge in [0.05, 0.1) is 19.1 Å². The van der Waals surface area contributed by atoms with E-state index in [-0.39, 0.29) is 30.0 Å². The standard InChI is InChI=1S/C30H29NO8/c1-19-4-6-22(7-5-19)29(35)20(2)39-28(34)17-16-27(33)31-24-12-8-23(9-13-24)30(36)38-18-26(32)21-10-14-25(37-3)15-11-21/h4-15,20H,16-18H2,1-3H3,(H,31,33). The number of amides is 1. The molecule has 0 bridgehead atoms. The molecule has 9 heteroatoms. The number of carbonyl (C=O) groups excluding carboxylic acids is 5. The topological polar surface area (TPSA) is 125 Å². The number of esters is 2. The number of ketones is 2. The average Bonchev–Trinajstić information content (AvgIpc) is 2.95. The first kappa shape index (κ1) is 28.8. The van der Waals surface area contributed by atoms with Crippen LogP contribution in [0.1, 0.15) is 56.4 Å². The van der Waals surface area contributed by atoms with E-state index in [9.17, 15) is 24.0 Å². The van der Waals surface area contributed by atoms with Crippen LogP contribution in [0, 0.1) is 6.92 Å². The molecule has 0 spiro atoms. The summed E-state index contributed by atoms with van der Waals surface area (Å²) >= 11 is 0. The lowest BCUT2D eigenvalue weighted by Gasteiger charge is -2.12. The van der Waals surface area contributed by atoms with Crippen LogP contribution < -0.4 is 10.1 Å². The molecule has 0 aliphatic rings. The van der Waals surface area contributed by atoms with E-state index in [1.54, 1.807) is 48.5 Å². The summed E-state index contributed by atoms with van der Waals surface area (Å²) in [5, 5.41) is 2.62. The molecule has 0 saturated heterocycles. The van der Waals surface area contributed by atoms with Crippen molar-refractivity contribution in [3.63, 3.8) is 0 Å². The van der Waals surface area contributed by atoms with Gasteiger partial charge in [-0.15, -0.1) is 0 Å². The Hall–Kier alpha value is -4.79. The summed E-state index contributed by atoms with van der Waals surface area (Å²) in [4.78, 5) is 61.2. The second-order valence-corrected chi connectivity index (χ2v) is 8.72. The smallest absolute Gasteiger partial charge is 0.338 e. The fourth-order valence-electron chi connectivity index (χ4n) is 3.47. The molecule has 3 rings (SSSR count). The molecular formula is C30H29NO8. The lowest BCUT2D eigenvalue weighted by atomic mass is 10.1. The minimum atomic E-state index is -0.970. The van der Waals surface area contributed by atoms with Crippen molar-refractivity contribution in [2.24, 2.45) is 0 Å².